The number of rotatable bonds is 28. The number of carboxylic acid groups (broad SMARTS) is 4. The quantitative estimate of drug-likeness (QED) is 0.0578. The summed E-state index contributed by atoms with van der Waals surface area (Å²) < 4.78 is 3.25. The smallest absolute Gasteiger partial charge is 0.0643 e. The van der Waals surface area contributed by atoms with Gasteiger partial charge in [-0.3, -0.25) is 0 Å². The van der Waals surface area contributed by atoms with Crippen LogP contribution in [0, 0.1) is 0 Å². The predicted octanol–water partition coefficient (Wildman–Crippen LogP) is 5.48. The minimum absolute atomic E-state index is 0.149. The van der Waals surface area contributed by atoms with Crippen LogP contribution >= 0.6 is 0 Å². The molecule has 0 aromatic rings. The van der Waals surface area contributed by atoms with E-state index in [1.165, 1.54) is 116 Å². The molecule has 9 heteroatoms. The van der Waals surface area contributed by atoms with Crippen molar-refractivity contribution in [3.8, 4) is 0 Å². The van der Waals surface area contributed by atoms with Gasteiger partial charge in [0.1, 0.15) is 0 Å². The van der Waals surface area contributed by atoms with Crippen molar-refractivity contribution >= 4 is 45.0 Å². The molecular formula is C36H66O8Sn. The van der Waals surface area contributed by atoms with Gasteiger partial charge in [0.25, 0.3) is 0 Å². The molecule has 0 aromatic heterocycles. The molecule has 0 unspecified atom stereocenters. The normalized spacial score (nSPS) is 10.1. The monoisotopic (exact) mass is 746 g/mol. The summed E-state index contributed by atoms with van der Waals surface area (Å²) >= 11 is 0.149. The van der Waals surface area contributed by atoms with Crippen LogP contribution < -0.4 is 20.4 Å². The number of carbonyl (C=O) groups is 4. The first-order chi connectivity index (χ1) is 21.6. The van der Waals surface area contributed by atoms with Crippen LogP contribution in [0.3, 0.4) is 0 Å². The second-order valence-electron chi connectivity index (χ2n) is 11.3. The molecule has 262 valence electrons. The molecule has 0 aliphatic heterocycles. The Balaban J connectivity index is -0.000000256. The zero-order valence-corrected chi connectivity index (χ0v) is 32.2. The summed E-state index contributed by atoms with van der Waals surface area (Å²) in [5, 5.41) is 39.0. The third-order valence-electron chi connectivity index (χ3n) is 6.74. The number of aliphatic carboxylic acids is 4. The van der Waals surface area contributed by atoms with Gasteiger partial charge in [0.15, 0.2) is 0 Å². The molecule has 0 heterocycles. The zero-order valence-electron chi connectivity index (χ0n) is 29.3. The van der Waals surface area contributed by atoms with E-state index in [2.05, 4.69) is 27.7 Å². The average Bonchev–Trinajstić information content (AvgIpc) is 2.99. The van der Waals surface area contributed by atoms with Crippen LogP contribution in [-0.2, 0) is 19.2 Å². The second kappa shape index (κ2) is 46.8. The molecule has 0 bridgehead atoms. The van der Waals surface area contributed by atoms with Crippen molar-refractivity contribution in [2.24, 2.45) is 0 Å². The number of carbonyl (C=O) groups excluding carboxylic acids is 4. The molecule has 6 radical (unpaired) electrons. The molecule has 0 N–H and O–H groups in total. The predicted molar refractivity (Wildman–Crippen MR) is 178 cm³/mol. The van der Waals surface area contributed by atoms with Gasteiger partial charge in [-0.05, 0) is 37.8 Å². The summed E-state index contributed by atoms with van der Waals surface area (Å²) in [5.41, 5.74) is 0. The Hall–Kier alpha value is -1.58. The third-order valence-corrected chi connectivity index (χ3v) is 10.8. The second-order valence-corrected chi connectivity index (χ2v) is 15.6. The van der Waals surface area contributed by atoms with Crippen molar-refractivity contribution in [2.45, 2.75) is 191 Å². The van der Waals surface area contributed by atoms with Crippen LogP contribution in [0.25, 0.3) is 0 Å². The Kier molecular flexibility index (Phi) is 52.3. The molecule has 0 aliphatic rings. The standard InChI is InChI=1S/2C12H24O2.C4H4O4.2C4H9.Sn/c2*1-2-3-4-5-6-7-8-9-10-11-12(13)14;5-3(6)1-2-4(7)8;2*1-3-4-2;/h2*2-11H2,1H3,(H,13,14);1-2H,(H,5,6)(H,7,8);2*1,3-4H2,2H3;/q;;;;;+4/p-4/b;;2-1-;;;. The number of carboxylic acids is 4. The van der Waals surface area contributed by atoms with Crippen molar-refractivity contribution in [2.75, 3.05) is 0 Å². The van der Waals surface area contributed by atoms with Crippen molar-refractivity contribution in [1.29, 1.82) is 0 Å². The van der Waals surface area contributed by atoms with Crippen molar-refractivity contribution < 1.29 is 39.6 Å². The van der Waals surface area contributed by atoms with Crippen molar-refractivity contribution in [3.63, 3.8) is 0 Å². The van der Waals surface area contributed by atoms with Crippen LogP contribution in [0.15, 0.2) is 12.2 Å². The molecule has 0 spiro atoms. The van der Waals surface area contributed by atoms with Crippen LogP contribution in [0.4, 0.5) is 0 Å². The molecule has 0 aromatic carbocycles. The third kappa shape index (κ3) is 70.2. The molecule has 0 atom stereocenters. The summed E-state index contributed by atoms with van der Waals surface area (Å²) in [5.74, 6) is -4.91. The van der Waals surface area contributed by atoms with Gasteiger partial charge in [-0.2, -0.15) is 0 Å². The van der Waals surface area contributed by atoms with Crippen molar-refractivity contribution in [1.82, 2.24) is 0 Å². The summed E-state index contributed by atoms with van der Waals surface area (Å²) in [4.78, 5) is 39.0. The van der Waals surface area contributed by atoms with Crippen LogP contribution in [0.2, 0.25) is 8.87 Å². The van der Waals surface area contributed by atoms with Gasteiger partial charge in [0, 0.05) is 11.9 Å². The van der Waals surface area contributed by atoms with Gasteiger partial charge in [0.05, 0.1) is 11.9 Å². The summed E-state index contributed by atoms with van der Waals surface area (Å²) in [6.45, 7) is 9.03. The Morgan fingerprint density at radius 1 is 0.400 bits per heavy atom. The number of hydrogen-bond acceptors (Lipinski definition) is 8. The van der Waals surface area contributed by atoms with Crippen LogP contribution in [0.5, 0.6) is 0 Å². The molecule has 0 rings (SSSR count). The fraction of sp³-hybridized carbons (Fsp3) is 0.833. The summed E-state index contributed by atoms with van der Waals surface area (Å²) in [6, 6.07) is 0. The Morgan fingerprint density at radius 2 is 0.644 bits per heavy atom. The molecule has 0 saturated carbocycles. The van der Waals surface area contributed by atoms with Gasteiger partial charge in [-0.25, -0.2) is 0 Å². The van der Waals surface area contributed by atoms with E-state index in [0.29, 0.717) is 12.2 Å². The molecule has 0 amide bonds. The molecule has 0 saturated heterocycles. The van der Waals surface area contributed by atoms with E-state index in [9.17, 15) is 39.6 Å². The largest absolute Gasteiger partial charge is 0.545 e. The average molecular weight is 746 g/mol. The molecular weight excluding hydrogens is 679 g/mol. The Bertz CT molecular complexity index is 613. The molecule has 0 aliphatic carbocycles. The van der Waals surface area contributed by atoms with Gasteiger partial charge >= 0.3 is 69.5 Å². The summed E-state index contributed by atoms with van der Waals surface area (Å²) in [7, 11) is 0. The van der Waals surface area contributed by atoms with Crippen molar-refractivity contribution in [3.05, 3.63) is 12.2 Å². The molecule has 45 heavy (non-hydrogen) atoms. The summed E-state index contributed by atoms with van der Waals surface area (Å²) in [6.07, 6.45) is 28.9. The fourth-order valence-electron chi connectivity index (χ4n) is 4.02. The molecule has 8 nitrogen and oxygen atoms in total. The first-order valence-electron chi connectivity index (χ1n) is 17.8. The maximum atomic E-state index is 10.1. The Morgan fingerprint density at radius 3 is 0.867 bits per heavy atom. The maximum Gasteiger partial charge on any atom is 0.0643 e. The van der Waals surface area contributed by atoms with E-state index >= 15 is 0 Å². The molecule has 0 fully saturated rings. The first kappa shape index (κ1) is 50.3. The zero-order chi connectivity index (χ0) is 34.8. The van der Waals surface area contributed by atoms with E-state index in [4.69, 9.17) is 0 Å². The maximum absolute atomic E-state index is 10.1. The van der Waals surface area contributed by atoms with Crippen LogP contribution in [-0.4, -0.2) is 45.0 Å². The SMILES string of the molecule is CCCCCCCCCCCC(=O)[O-].CCCCCCCCCCCC(=O)[O-].CCC[CH2][Sn+4][CH2]CCC.O=C([O-])/C=C\C(=O)[O-]. The number of hydrogen-bond donors (Lipinski definition) is 0. The van der Waals surface area contributed by atoms with Gasteiger partial charge < -0.3 is 39.6 Å². The van der Waals surface area contributed by atoms with E-state index in [1.54, 1.807) is 8.87 Å². The first-order valence-corrected chi connectivity index (χ1v) is 21.8. The van der Waals surface area contributed by atoms with E-state index in [0.717, 1.165) is 25.7 Å². The van der Waals surface area contributed by atoms with Gasteiger partial charge in [0.2, 0.25) is 0 Å². The fourth-order valence-corrected chi connectivity index (χ4v) is 8.18. The minimum Gasteiger partial charge on any atom is -0.545 e. The van der Waals surface area contributed by atoms with E-state index in [-0.39, 0.29) is 34.0 Å². The van der Waals surface area contributed by atoms with Gasteiger partial charge in [-0.15, -0.1) is 0 Å². The topological polar surface area (TPSA) is 161 Å². The number of unbranched alkanes of at least 4 members (excludes halogenated alkanes) is 18. The van der Waals surface area contributed by atoms with E-state index in [1.807, 2.05) is 0 Å². The van der Waals surface area contributed by atoms with E-state index < -0.39 is 23.9 Å². The van der Waals surface area contributed by atoms with Crippen LogP contribution in [0.1, 0.15) is 182 Å². The Labute approximate surface area is 286 Å². The minimum atomic E-state index is -1.55. The van der Waals surface area contributed by atoms with Gasteiger partial charge in [-0.1, -0.05) is 117 Å².